The lowest BCUT2D eigenvalue weighted by Gasteiger charge is -2.27. The maximum absolute atomic E-state index is 12.2. The number of nitrogens with zero attached hydrogens (tertiary/aromatic N) is 3. The zero-order valence-corrected chi connectivity index (χ0v) is 16.4. The highest BCUT2D eigenvalue weighted by Gasteiger charge is 2.21. The lowest BCUT2D eigenvalue weighted by molar-refractivity contribution is 0.241. The van der Waals surface area contributed by atoms with Crippen molar-refractivity contribution in [1.82, 2.24) is 19.9 Å². The molecule has 2 aromatic heterocycles. The van der Waals surface area contributed by atoms with Gasteiger partial charge in [-0.25, -0.2) is 4.98 Å². The lowest BCUT2D eigenvalue weighted by atomic mass is 10.1. The van der Waals surface area contributed by atoms with Crippen molar-refractivity contribution in [3.8, 4) is 22.8 Å². The Kier molecular flexibility index (Phi) is 5.18. The zero-order chi connectivity index (χ0) is 20.4. The SMILES string of the molecule is COc1ccc(OC)c(-c2ccc(CN3CCc4nc(N)[nH]c(=O)c4C3)cn2)c1. The van der Waals surface area contributed by atoms with Gasteiger partial charge in [-0.1, -0.05) is 6.07 Å². The van der Waals surface area contributed by atoms with Gasteiger partial charge in [0.2, 0.25) is 5.95 Å². The number of rotatable bonds is 5. The number of pyridine rings is 1. The second kappa shape index (κ2) is 7.92. The Hall–Kier alpha value is -3.39. The third-order valence-electron chi connectivity index (χ3n) is 5.08. The number of nitrogens with two attached hydrogens (primary N) is 1. The van der Waals surface area contributed by atoms with E-state index in [1.807, 2.05) is 36.5 Å². The van der Waals surface area contributed by atoms with Gasteiger partial charge >= 0.3 is 0 Å². The van der Waals surface area contributed by atoms with Crippen molar-refractivity contribution in [1.29, 1.82) is 0 Å². The van der Waals surface area contributed by atoms with Crippen molar-refractivity contribution in [2.45, 2.75) is 19.5 Å². The molecular weight excluding hydrogens is 370 g/mol. The predicted octanol–water partition coefficient (Wildman–Crippen LogP) is 1.99. The summed E-state index contributed by atoms with van der Waals surface area (Å²) in [6.45, 7) is 2.06. The molecule has 150 valence electrons. The minimum Gasteiger partial charge on any atom is -0.497 e. The van der Waals surface area contributed by atoms with Crippen molar-refractivity contribution < 1.29 is 9.47 Å². The molecule has 0 unspecified atom stereocenters. The molecule has 0 radical (unpaired) electrons. The number of hydrogen-bond acceptors (Lipinski definition) is 7. The molecule has 8 heteroatoms. The average molecular weight is 393 g/mol. The first-order valence-electron chi connectivity index (χ1n) is 9.34. The van der Waals surface area contributed by atoms with Gasteiger partial charge in [-0.05, 0) is 29.8 Å². The van der Waals surface area contributed by atoms with E-state index >= 15 is 0 Å². The van der Waals surface area contributed by atoms with E-state index in [4.69, 9.17) is 15.2 Å². The van der Waals surface area contributed by atoms with Crippen LogP contribution in [0.2, 0.25) is 0 Å². The van der Waals surface area contributed by atoms with Crippen LogP contribution in [0.25, 0.3) is 11.3 Å². The molecule has 3 N–H and O–H groups in total. The summed E-state index contributed by atoms with van der Waals surface area (Å²) in [5, 5.41) is 0. The van der Waals surface area contributed by atoms with E-state index in [1.54, 1.807) is 14.2 Å². The summed E-state index contributed by atoms with van der Waals surface area (Å²) in [6.07, 6.45) is 2.56. The number of ether oxygens (including phenoxy) is 2. The first kappa shape index (κ1) is 18.9. The van der Waals surface area contributed by atoms with Crippen LogP contribution in [0, 0.1) is 0 Å². The second-order valence-corrected chi connectivity index (χ2v) is 6.95. The molecule has 0 aliphatic carbocycles. The number of nitrogen functional groups attached to an aromatic ring is 1. The van der Waals surface area contributed by atoms with Gasteiger partial charge < -0.3 is 15.2 Å². The number of fused-ring (bicyclic) bond motifs is 1. The van der Waals surface area contributed by atoms with Crippen molar-refractivity contribution >= 4 is 5.95 Å². The number of nitrogens with one attached hydrogen (secondary N) is 1. The molecule has 3 heterocycles. The molecule has 0 saturated carbocycles. The number of aromatic amines is 1. The minimum atomic E-state index is -0.157. The third kappa shape index (κ3) is 3.93. The summed E-state index contributed by atoms with van der Waals surface area (Å²) in [5.74, 6) is 1.66. The van der Waals surface area contributed by atoms with Gasteiger partial charge in [-0.2, -0.15) is 0 Å². The average Bonchev–Trinajstić information content (AvgIpc) is 2.74. The maximum atomic E-state index is 12.2. The molecule has 0 atom stereocenters. The first-order chi connectivity index (χ1) is 14.1. The Balaban J connectivity index is 1.52. The van der Waals surface area contributed by atoms with Crippen LogP contribution in [0.3, 0.4) is 0 Å². The van der Waals surface area contributed by atoms with Gasteiger partial charge in [0.05, 0.1) is 31.2 Å². The van der Waals surface area contributed by atoms with Crippen molar-refractivity contribution in [2.24, 2.45) is 0 Å². The normalized spacial score (nSPS) is 13.7. The quantitative estimate of drug-likeness (QED) is 0.683. The molecule has 1 aliphatic heterocycles. The smallest absolute Gasteiger partial charge is 0.257 e. The van der Waals surface area contributed by atoms with Gasteiger partial charge in [0, 0.05) is 37.8 Å². The minimum absolute atomic E-state index is 0.157. The van der Waals surface area contributed by atoms with Crippen LogP contribution in [0.5, 0.6) is 11.5 Å². The molecule has 8 nitrogen and oxygen atoms in total. The number of H-pyrrole nitrogens is 1. The zero-order valence-electron chi connectivity index (χ0n) is 16.4. The monoisotopic (exact) mass is 393 g/mol. The summed E-state index contributed by atoms with van der Waals surface area (Å²) < 4.78 is 10.8. The van der Waals surface area contributed by atoms with Crippen LogP contribution >= 0.6 is 0 Å². The summed E-state index contributed by atoms with van der Waals surface area (Å²) in [4.78, 5) is 25.8. The fraction of sp³-hybridized carbons (Fsp3) is 0.286. The Morgan fingerprint density at radius 2 is 2.07 bits per heavy atom. The molecule has 0 saturated heterocycles. The molecule has 4 rings (SSSR count). The van der Waals surface area contributed by atoms with E-state index in [9.17, 15) is 4.79 Å². The van der Waals surface area contributed by atoms with E-state index in [-0.39, 0.29) is 11.5 Å². The second-order valence-electron chi connectivity index (χ2n) is 6.95. The standard InChI is InChI=1S/C21H23N5O3/c1-28-14-4-6-19(29-2)15(9-14)17-5-3-13(10-23-17)11-26-8-7-18-16(12-26)20(27)25-21(22)24-18/h3-6,9-10H,7-8,11-12H2,1-2H3,(H3,22,24,25,27). The molecular formula is C21H23N5O3. The van der Waals surface area contributed by atoms with Crippen LogP contribution < -0.4 is 20.8 Å². The Morgan fingerprint density at radius 1 is 1.21 bits per heavy atom. The van der Waals surface area contributed by atoms with Crippen molar-refractivity contribution in [3.63, 3.8) is 0 Å². The van der Waals surface area contributed by atoms with Crippen molar-refractivity contribution in [3.05, 3.63) is 63.7 Å². The topological polar surface area (TPSA) is 106 Å². The Labute approximate surface area is 168 Å². The molecule has 0 spiro atoms. The fourth-order valence-corrected chi connectivity index (χ4v) is 3.58. The first-order valence-corrected chi connectivity index (χ1v) is 9.34. The highest BCUT2D eigenvalue weighted by Crippen LogP contribution is 2.32. The molecule has 0 bridgehead atoms. The van der Waals surface area contributed by atoms with E-state index in [0.29, 0.717) is 25.1 Å². The number of aromatic nitrogens is 3. The Bertz CT molecular complexity index is 1080. The molecule has 3 aromatic rings. The molecule has 0 fully saturated rings. The third-order valence-corrected chi connectivity index (χ3v) is 5.08. The predicted molar refractivity (Wildman–Crippen MR) is 110 cm³/mol. The largest absolute Gasteiger partial charge is 0.497 e. The number of methoxy groups -OCH3 is 2. The molecule has 29 heavy (non-hydrogen) atoms. The number of hydrogen-bond donors (Lipinski definition) is 2. The van der Waals surface area contributed by atoms with Crippen LogP contribution in [0.15, 0.2) is 41.3 Å². The van der Waals surface area contributed by atoms with Crippen LogP contribution in [-0.2, 0) is 19.5 Å². The highest BCUT2D eigenvalue weighted by atomic mass is 16.5. The van der Waals surface area contributed by atoms with Gasteiger partial charge in [-0.15, -0.1) is 0 Å². The van der Waals surface area contributed by atoms with Gasteiger partial charge in [0.15, 0.2) is 0 Å². The lowest BCUT2D eigenvalue weighted by Crippen LogP contribution is -2.35. The van der Waals surface area contributed by atoms with Crippen LogP contribution in [0.4, 0.5) is 5.95 Å². The van der Waals surface area contributed by atoms with Crippen LogP contribution in [0.1, 0.15) is 16.8 Å². The number of benzene rings is 1. The number of anilines is 1. The molecule has 0 amide bonds. The Morgan fingerprint density at radius 3 is 2.79 bits per heavy atom. The summed E-state index contributed by atoms with van der Waals surface area (Å²) in [6, 6.07) is 9.65. The van der Waals surface area contributed by atoms with E-state index < -0.39 is 0 Å². The van der Waals surface area contributed by atoms with E-state index in [2.05, 4.69) is 19.9 Å². The molecule has 1 aromatic carbocycles. The maximum Gasteiger partial charge on any atom is 0.257 e. The van der Waals surface area contributed by atoms with Gasteiger partial charge in [-0.3, -0.25) is 19.7 Å². The van der Waals surface area contributed by atoms with Crippen molar-refractivity contribution in [2.75, 3.05) is 26.5 Å². The van der Waals surface area contributed by atoms with Gasteiger partial charge in [0.1, 0.15) is 11.5 Å². The fourth-order valence-electron chi connectivity index (χ4n) is 3.58. The van der Waals surface area contributed by atoms with E-state index in [1.165, 1.54) is 0 Å². The van der Waals surface area contributed by atoms with Gasteiger partial charge in [0.25, 0.3) is 5.56 Å². The molecule has 1 aliphatic rings. The summed E-state index contributed by atoms with van der Waals surface area (Å²) in [7, 11) is 3.27. The summed E-state index contributed by atoms with van der Waals surface area (Å²) >= 11 is 0. The van der Waals surface area contributed by atoms with Crippen LogP contribution in [-0.4, -0.2) is 40.6 Å². The highest BCUT2D eigenvalue weighted by molar-refractivity contribution is 5.69. The van der Waals surface area contributed by atoms with E-state index in [0.717, 1.165) is 40.6 Å². The summed E-state index contributed by atoms with van der Waals surface area (Å²) in [5.41, 5.74) is 9.72.